The molecule has 0 radical (unpaired) electrons. The van der Waals surface area contributed by atoms with Gasteiger partial charge in [0, 0.05) is 44.7 Å². The Bertz CT molecular complexity index is 500. The quantitative estimate of drug-likeness (QED) is 0.713. The Hall–Kier alpha value is -0.590. The van der Waals surface area contributed by atoms with E-state index in [1.807, 2.05) is 19.1 Å². The van der Waals surface area contributed by atoms with E-state index >= 15 is 0 Å². The van der Waals surface area contributed by atoms with Crippen LogP contribution in [-0.4, -0.2) is 61.3 Å². The molecular formula is C18H28N2O2S. The van der Waals surface area contributed by atoms with Crippen LogP contribution in [0.25, 0.3) is 0 Å². The Kier molecular flexibility index (Phi) is 5.99. The third-order valence-corrected chi connectivity index (χ3v) is 5.76. The van der Waals surface area contributed by atoms with Crippen molar-refractivity contribution in [2.45, 2.75) is 36.8 Å². The zero-order valence-electron chi connectivity index (χ0n) is 14.3. The number of benzene rings is 1. The fourth-order valence-corrected chi connectivity index (χ4v) is 4.44. The van der Waals surface area contributed by atoms with Gasteiger partial charge in [0.15, 0.2) is 0 Å². The minimum atomic E-state index is 0.106. The molecule has 0 atom stereocenters. The average molecular weight is 337 g/mol. The molecule has 0 N–H and O–H groups in total. The largest absolute Gasteiger partial charge is 0.379 e. The van der Waals surface area contributed by atoms with Crippen LogP contribution >= 0.6 is 11.9 Å². The van der Waals surface area contributed by atoms with Gasteiger partial charge in [0.05, 0.1) is 18.8 Å². The number of morpholine rings is 1. The molecule has 0 saturated carbocycles. The van der Waals surface area contributed by atoms with Crippen LogP contribution in [0.1, 0.15) is 25.3 Å². The zero-order valence-corrected chi connectivity index (χ0v) is 15.1. The maximum atomic E-state index is 5.74. The Labute approximate surface area is 144 Å². The number of rotatable bonds is 7. The topological polar surface area (TPSA) is 24.9 Å². The van der Waals surface area contributed by atoms with Crippen LogP contribution in [0, 0.1) is 0 Å². The van der Waals surface area contributed by atoms with Gasteiger partial charge < -0.3 is 9.47 Å². The highest BCUT2D eigenvalue weighted by atomic mass is 32.2. The van der Waals surface area contributed by atoms with E-state index in [4.69, 9.17) is 9.47 Å². The molecule has 0 aromatic heterocycles. The maximum absolute atomic E-state index is 5.74. The highest BCUT2D eigenvalue weighted by molar-refractivity contribution is 7.97. The molecule has 3 rings (SSSR count). The van der Waals surface area contributed by atoms with Crippen LogP contribution in [-0.2, 0) is 16.0 Å². The summed E-state index contributed by atoms with van der Waals surface area (Å²) in [6.07, 6.45) is 2.35. The Morgan fingerprint density at radius 3 is 2.74 bits per heavy atom. The van der Waals surface area contributed by atoms with Crippen molar-refractivity contribution < 1.29 is 9.47 Å². The molecule has 1 aromatic rings. The van der Waals surface area contributed by atoms with E-state index in [-0.39, 0.29) is 5.60 Å². The Morgan fingerprint density at radius 1 is 1.26 bits per heavy atom. The van der Waals surface area contributed by atoms with Crippen LogP contribution in [0.2, 0.25) is 0 Å². The lowest BCUT2D eigenvalue weighted by Crippen LogP contribution is -2.62. The number of likely N-dealkylation sites (tertiary alicyclic amines) is 1. The number of methoxy groups -OCH3 is 1. The van der Waals surface area contributed by atoms with E-state index in [2.05, 4.69) is 40.4 Å². The van der Waals surface area contributed by atoms with Crippen molar-refractivity contribution in [1.29, 1.82) is 0 Å². The van der Waals surface area contributed by atoms with Gasteiger partial charge in [-0.2, -0.15) is 0 Å². The van der Waals surface area contributed by atoms with Crippen molar-refractivity contribution in [3.05, 3.63) is 29.8 Å². The lowest BCUT2D eigenvalue weighted by molar-refractivity contribution is -0.132. The number of hydrogen-bond acceptors (Lipinski definition) is 5. The van der Waals surface area contributed by atoms with Crippen molar-refractivity contribution in [1.82, 2.24) is 9.21 Å². The van der Waals surface area contributed by atoms with Crippen molar-refractivity contribution in [2.75, 3.05) is 46.5 Å². The maximum Gasteiger partial charge on any atom is 0.0931 e. The van der Waals surface area contributed by atoms with Crippen LogP contribution in [0.15, 0.2) is 29.2 Å². The molecule has 0 spiro atoms. The summed E-state index contributed by atoms with van der Waals surface area (Å²) in [7, 11) is 1.85. The van der Waals surface area contributed by atoms with E-state index in [0.29, 0.717) is 0 Å². The second kappa shape index (κ2) is 7.99. The molecule has 4 nitrogen and oxygen atoms in total. The molecule has 5 heteroatoms. The molecule has 2 aliphatic rings. The molecule has 1 aromatic carbocycles. The summed E-state index contributed by atoms with van der Waals surface area (Å²) in [6, 6.07) is 8.94. The lowest BCUT2D eigenvalue weighted by Gasteiger charge is -2.49. The molecule has 0 amide bonds. The first-order chi connectivity index (χ1) is 11.2. The fourth-order valence-electron chi connectivity index (χ4n) is 3.47. The van der Waals surface area contributed by atoms with Crippen LogP contribution in [0.4, 0.5) is 0 Å². The molecule has 23 heavy (non-hydrogen) atoms. The summed E-state index contributed by atoms with van der Waals surface area (Å²) >= 11 is 1.85. The molecule has 2 heterocycles. The minimum absolute atomic E-state index is 0.106. The molecule has 0 bridgehead atoms. The van der Waals surface area contributed by atoms with E-state index in [1.165, 1.54) is 16.9 Å². The first kappa shape index (κ1) is 17.2. The van der Waals surface area contributed by atoms with Gasteiger partial charge in [-0.25, -0.2) is 4.31 Å². The summed E-state index contributed by atoms with van der Waals surface area (Å²) in [4.78, 5) is 3.81. The Morgan fingerprint density at radius 2 is 2.04 bits per heavy atom. The summed E-state index contributed by atoms with van der Waals surface area (Å²) in [5.74, 6) is 0. The first-order valence-electron chi connectivity index (χ1n) is 8.60. The monoisotopic (exact) mass is 336 g/mol. The summed E-state index contributed by atoms with van der Waals surface area (Å²) < 4.78 is 13.5. The van der Waals surface area contributed by atoms with Crippen LogP contribution < -0.4 is 0 Å². The number of hydrogen-bond donors (Lipinski definition) is 0. The molecule has 0 unspecified atom stereocenters. The second-order valence-corrected chi connectivity index (χ2v) is 7.73. The smallest absolute Gasteiger partial charge is 0.0931 e. The normalized spacial score (nSPS) is 22.0. The van der Waals surface area contributed by atoms with Crippen LogP contribution in [0.5, 0.6) is 0 Å². The Balaban J connectivity index is 1.52. The second-order valence-electron chi connectivity index (χ2n) is 6.56. The zero-order chi connectivity index (χ0) is 16.1. The van der Waals surface area contributed by atoms with E-state index in [1.54, 1.807) is 0 Å². The number of ether oxygens (including phenoxy) is 2. The summed E-state index contributed by atoms with van der Waals surface area (Å²) in [5.41, 5.74) is 1.50. The molecular weight excluding hydrogens is 308 g/mol. The van der Waals surface area contributed by atoms with Crippen molar-refractivity contribution >= 4 is 11.9 Å². The van der Waals surface area contributed by atoms with Gasteiger partial charge in [-0.05, 0) is 36.1 Å². The molecule has 2 fully saturated rings. The van der Waals surface area contributed by atoms with E-state index in [0.717, 1.165) is 52.4 Å². The van der Waals surface area contributed by atoms with Crippen molar-refractivity contribution in [3.8, 4) is 0 Å². The lowest BCUT2D eigenvalue weighted by atomic mass is 9.88. The van der Waals surface area contributed by atoms with Gasteiger partial charge in [-0.3, -0.25) is 4.90 Å². The van der Waals surface area contributed by atoms with Gasteiger partial charge in [0.2, 0.25) is 0 Å². The third kappa shape index (κ3) is 4.48. The van der Waals surface area contributed by atoms with Crippen molar-refractivity contribution in [3.63, 3.8) is 0 Å². The van der Waals surface area contributed by atoms with E-state index in [9.17, 15) is 0 Å². The van der Waals surface area contributed by atoms with Gasteiger partial charge in [0.1, 0.15) is 0 Å². The summed E-state index contributed by atoms with van der Waals surface area (Å²) in [5, 5.41) is 0. The fraction of sp³-hybridized carbons (Fsp3) is 0.667. The van der Waals surface area contributed by atoms with Gasteiger partial charge in [-0.1, -0.05) is 25.5 Å². The van der Waals surface area contributed by atoms with Gasteiger partial charge in [0.25, 0.3) is 0 Å². The first-order valence-corrected chi connectivity index (χ1v) is 9.37. The highest BCUT2D eigenvalue weighted by Gasteiger charge is 2.42. The van der Waals surface area contributed by atoms with E-state index < -0.39 is 0 Å². The molecule has 128 valence electrons. The van der Waals surface area contributed by atoms with Crippen molar-refractivity contribution in [2.24, 2.45) is 0 Å². The van der Waals surface area contributed by atoms with Gasteiger partial charge >= 0.3 is 0 Å². The molecule has 2 aliphatic heterocycles. The standard InChI is InChI=1S/C18H28N2O2S/c1-3-7-18(21-2)14-19(15-18)13-16-5-4-6-17(12-16)23-20-8-10-22-11-9-20/h4-6,12H,3,7-11,13-15H2,1-2H3. The summed E-state index contributed by atoms with van der Waals surface area (Å²) in [6.45, 7) is 9.06. The van der Waals surface area contributed by atoms with Gasteiger partial charge in [-0.15, -0.1) is 0 Å². The highest BCUT2D eigenvalue weighted by Crippen LogP contribution is 2.31. The SMILES string of the molecule is CCCC1(OC)CN(Cc2cccc(SN3CCOCC3)c2)C1. The molecule has 0 aliphatic carbocycles. The van der Waals surface area contributed by atoms with Crippen LogP contribution in [0.3, 0.4) is 0 Å². The minimum Gasteiger partial charge on any atom is -0.379 e. The predicted molar refractivity (Wildman–Crippen MR) is 94.6 cm³/mol. The number of nitrogens with zero attached hydrogens (tertiary/aromatic N) is 2. The third-order valence-electron chi connectivity index (χ3n) is 4.67. The molecule has 2 saturated heterocycles. The average Bonchev–Trinajstić information content (AvgIpc) is 2.54. The predicted octanol–water partition coefficient (Wildman–Crippen LogP) is 3.03.